The number of allylic oxidation sites excluding steroid dienone is 2. The van der Waals surface area contributed by atoms with Gasteiger partial charge in [-0.25, -0.2) is 0 Å². The van der Waals surface area contributed by atoms with E-state index in [2.05, 4.69) is 108 Å². The molecule has 0 atom stereocenters. The second-order valence-corrected chi connectivity index (χ2v) is 17.4. The summed E-state index contributed by atoms with van der Waals surface area (Å²) in [4.78, 5) is 17.2. The molecule has 3 aromatic carbocycles. The molecule has 0 saturated heterocycles. The number of pyridine rings is 1. The first-order chi connectivity index (χ1) is 25.9. The van der Waals surface area contributed by atoms with E-state index in [1.54, 1.807) is 0 Å². The minimum Gasteiger partial charge on any atom is -0.512 e. The van der Waals surface area contributed by atoms with Crippen molar-refractivity contribution in [2.45, 2.75) is 128 Å². The van der Waals surface area contributed by atoms with Crippen LogP contribution in [0, 0.1) is 36.7 Å². The molecule has 0 aliphatic rings. The van der Waals surface area contributed by atoms with Crippen LogP contribution in [0.4, 0.5) is 0 Å². The number of carbonyl (C=O) groups is 1. The Balaban J connectivity index is 0.000000330. The summed E-state index contributed by atoms with van der Waals surface area (Å²) < 4.78 is 12.5. The largest absolute Gasteiger partial charge is 0.512 e. The van der Waals surface area contributed by atoms with Crippen molar-refractivity contribution in [2.24, 2.45) is 16.7 Å². The predicted octanol–water partition coefficient (Wildman–Crippen LogP) is 14.6. The number of aliphatic hydroxyl groups is 1. The Hall–Kier alpha value is -3.99. The van der Waals surface area contributed by atoms with Gasteiger partial charge in [-0.3, -0.25) is 9.78 Å². The molecule has 6 heteroatoms. The number of ketones is 1. The molecule has 0 amide bonds. The summed E-state index contributed by atoms with van der Waals surface area (Å²) in [5.74, 6) is 2.75. The van der Waals surface area contributed by atoms with Crippen LogP contribution in [0.1, 0.15) is 124 Å². The van der Waals surface area contributed by atoms with Crippen molar-refractivity contribution >= 4 is 38.6 Å². The smallest absolute Gasteiger partial charge is 0.220 e. The normalized spacial score (nSPS) is 12.6. The molecular weight excluding hydrogens is 871 g/mol. The van der Waals surface area contributed by atoms with E-state index in [-0.39, 0.29) is 47.9 Å². The van der Waals surface area contributed by atoms with E-state index in [0.717, 1.165) is 93.3 Å². The average molecular weight is 933 g/mol. The SMILES string of the molecule is CCC(C)(CC)C(=O)/C=C(\O)C(C)(CC)CC.Cc1oc2nc(-c3[c-]c4ccccc4c(C(C)(C)C)c3)cc(-c3ccc4cc(CC(C)C)oc4c3)c2c1C.[Ir]. The van der Waals surface area contributed by atoms with Crippen LogP contribution in [-0.4, -0.2) is 15.9 Å². The Bertz CT molecular complexity index is 2340. The predicted molar refractivity (Wildman–Crippen MR) is 231 cm³/mol. The van der Waals surface area contributed by atoms with Crippen molar-refractivity contribution in [3.63, 3.8) is 0 Å². The Morgan fingerprint density at radius 3 is 2.11 bits per heavy atom. The number of rotatable bonds is 11. The first-order valence-corrected chi connectivity index (χ1v) is 20.2. The quantitative estimate of drug-likeness (QED) is 0.0796. The van der Waals surface area contributed by atoms with Crippen LogP contribution in [-0.2, 0) is 36.7 Å². The number of carbonyl (C=O) groups excluding carboxylic acids is 1. The fraction of sp³-hybridized carbons (Fsp3) is 0.440. The summed E-state index contributed by atoms with van der Waals surface area (Å²) in [6, 6.07) is 25.2. The fourth-order valence-electron chi connectivity index (χ4n) is 7.15. The second kappa shape index (κ2) is 17.7. The third-order valence-electron chi connectivity index (χ3n) is 12.1. The zero-order valence-electron chi connectivity index (χ0n) is 35.9. The van der Waals surface area contributed by atoms with Crippen LogP contribution in [0.25, 0.3) is 55.2 Å². The third kappa shape index (κ3) is 9.24. The van der Waals surface area contributed by atoms with Crippen molar-refractivity contribution in [3.8, 4) is 22.4 Å². The van der Waals surface area contributed by atoms with E-state index in [4.69, 9.17) is 13.8 Å². The molecule has 6 aromatic rings. The van der Waals surface area contributed by atoms with Crippen LogP contribution in [0.15, 0.2) is 81.3 Å². The van der Waals surface area contributed by atoms with E-state index in [0.29, 0.717) is 11.6 Å². The van der Waals surface area contributed by atoms with Gasteiger partial charge < -0.3 is 13.9 Å². The number of aromatic nitrogens is 1. The van der Waals surface area contributed by atoms with Gasteiger partial charge in [0, 0.05) is 65.5 Å². The van der Waals surface area contributed by atoms with Crippen LogP contribution >= 0.6 is 0 Å². The maximum atomic E-state index is 12.2. The number of fused-ring (bicyclic) bond motifs is 3. The molecular formula is C50H62IrNO4-. The first-order valence-electron chi connectivity index (χ1n) is 20.2. The Morgan fingerprint density at radius 2 is 1.50 bits per heavy atom. The summed E-state index contributed by atoms with van der Waals surface area (Å²) in [6.45, 7) is 27.4. The van der Waals surface area contributed by atoms with E-state index in [1.807, 2.05) is 48.5 Å². The molecule has 6 rings (SSSR count). The molecule has 0 aliphatic heterocycles. The van der Waals surface area contributed by atoms with Crippen LogP contribution < -0.4 is 0 Å². The van der Waals surface area contributed by atoms with Gasteiger partial charge in [0.1, 0.15) is 22.9 Å². The van der Waals surface area contributed by atoms with Gasteiger partial charge in [-0.1, -0.05) is 124 Å². The summed E-state index contributed by atoms with van der Waals surface area (Å²) in [6.07, 6.45) is 5.69. The van der Waals surface area contributed by atoms with E-state index >= 15 is 0 Å². The Labute approximate surface area is 348 Å². The number of hydrogen-bond acceptors (Lipinski definition) is 5. The first kappa shape index (κ1) is 44.7. The zero-order valence-corrected chi connectivity index (χ0v) is 38.3. The van der Waals surface area contributed by atoms with Crippen LogP contribution in [0.2, 0.25) is 0 Å². The van der Waals surface area contributed by atoms with Gasteiger partial charge in [-0.2, -0.15) is 0 Å². The number of furan rings is 2. The van der Waals surface area contributed by atoms with Gasteiger partial charge in [-0.15, -0.1) is 29.1 Å². The number of aliphatic hydroxyl groups excluding tert-OH is 1. The van der Waals surface area contributed by atoms with E-state index < -0.39 is 0 Å². The van der Waals surface area contributed by atoms with Gasteiger partial charge in [-0.05, 0) is 74.1 Å². The third-order valence-corrected chi connectivity index (χ3v) is 12.1. The summed E-state index contributed by atoms with van der Waals surface area (Å²) in [7, 11) is 0. The second-order valence-electron chi connectivity index (χ2n) is 17.4. The van der Waals surface area contributed by atoms with Gasteiger partial charge in [0.2, 0.25) is 5.71 Å². The van der Waals surface area contributed by atoms with Gasteiger partial charge in [0.15, 0.2) is 5.78 Å². The maximum absolute atomic E-state index is 12.2. The summed E-state index contributed by atoms with van der Waals surface area (Å²) in [5.41, 5.74) is 7.37. The summed E-state index contributed by atoms with van der Waals surface area (Å²) >= 11 is 0. The minimum atomic E-state index is -0.337. The van der Waals surface area contributed by atoms with E-state index in [1.165, 1.54) is 17.0 Å². The van der Waals surface area contributed by atoms with Crippen molar-refractivity contribution in [2.75, 3.05) is 0 Å². The van der Waals surface area contributed by atoms with Crippen molar-refractivity contribution in [1.82, 2.24) is 4.98 Å². The molecule has 56 heavy (non-hydrogen) atoms. The fourth-order valence-corrected chi connectivity index (χ4v) is 7.15. The van der Waals surface area contributed by atoms with Crippen molar-refractivity contribution in [1.29, 1.82) is 0 Å². The van der Waals surface area contributed by atoms with Crippen molar-refractivity contribution < 1.29 is 38.8 Å². The molecule has 0 saturated carbocycles. The van der Waals surface area contributed by atoms with Gasteiger partial charge >= 0.3 is 0 Å². The molecule has 0 fully saturated rings. The molecule has 0 unspecified atom stereocenters. The number of benzene rings is 3. The van der Waals surface area contributed by atoms with Gasteiger partial charge in [0.25, 0.3) is 0 Å². The molecule has 1 N–H and O–H groups in total. The molecule has 1 radical (unpaired) electrons. The number of aryl methyl sites for hydroxylation is 2. The zero-order chi connectivity index (χ0) is 40.5. The van der Waals surface area contributed by atoms with E-state index in [9.17, 15) is 9.90 Å². The standard InChI is InChI=1S/C35H34NO2.C15H28O2.Ir/c1-20(2)14-27-16-25-13-12-24(18-32(25)38-27)29-19-31(36-34-33(29)21(3)22(4)37-34)26-15-23-10-8-9-11-28(23)30(17-26)35(5,6)7;1-7-14(5,8-2)12(16)11-13(17)15(6,9-3)10-4;/h8-13,16-20H,14H2,1-7H3;11,16H,7-10H2,1-6H3;/q-1;;/b;12-11-;. The Kier molecular flexibility index (Phi) is 14.1. The molecule has 3 heterocycles. The number of hydrogen-bond donors (Lipinski definition) is 1. The maximum Gasteiger partial charge on any atom is 0.220 e. The van der Waals surface area contributed by atoms with Gasteiger partial charge in [0.05, 0.1) is 0 Å². The Morgan fingerprint density at radius 1 is 0.857 bits per heavy atom. The molecule has 301 valence electrons. The number of nitrogens with zero attached hydrogens (tertiary/aromatic N) is 1. The topological polar surface area (TPSA) is 76.5 Å². The monoisotopic (exact) mass is 933 g/mol. The molecule has 3 aromatic heterocycles. The molecule has 5 nitrogen and oxygen atoms in total. The molecule has 0 aliphatic carbocycles. The van der Waals surface area contributed by atoms with Crippen LogP contribution in [0.3, 0.4) is 0 Å². The van der Waals surface area contributed by atoms with Crippen molar-refractivity contribution in [3.05, 3.63) is 101 Å². The van der Waals surface area contributed by atoms with Crippen LogP contribution in [0.5, 0.6) is 0 Å². The molecule has 0 bridgehead atoms. The average Bonchev–Trinajstić information content (AvgIpc) is 3.70. The summed E-state index contributed by atoms with van der Waals surface area (Å²) in [5, 5.41) is 14.6. The molecule has 0 spiro atoms. The minimum absolute atomic E-state index is 0.